The molecule has 2 aromatic rings. The van der Waals surface area contributed by atoms with Gasteiger partial charge in [0.1, 0.15) is 54.7 Å². The maximum Gasteiger partial charge on any atom is 0.349 e. The summed E-state index contributed by atoms with van der Waals surface area (Å²) in [6.07, 6.45) is -2.76. The van der Waals surface area contributed by atoms with E-state index < -0.39 is 36.3 Å². The maximum absolute atomic E-state index is 12.9. The molecule has 2 N–H and O–H groups in total. The molecule has 2 heterocycles. The highest BCUT2D eigenvalue weighted by Crippen LogP contribution is 2.36. The molecule has 0 aliphatic carbocycles. The first-order valence-electron chi connectivity index (χ1n) is 10.9. The molecule has 1 aliphatic heterocycles. The third-order valence-corrected chi connectivity index (χ3v) is 5.72. The van der Waals surface area contributed by atoms with Gasteiger partial charge < -0.3 is 38.4 Å². The minimum Gasteiger partial charge on any atom is -0.488 e. The first-order valence-corrected chi connectivity index (χ1v) is 10.9. The predicted octanol–water partition coefficient (Wildman–Crippen LogP) is 2.29. The Morgan fingerprint density at radius 1 is 1.26 bits per heavy atom. The Morgan fingerprint density at radius 2 is 2.00 bits per heavy atom. The van der Waals surface area contributed by atoms with Crippen molar-refractivity contribution in [2.75, 3.05) is 20.8 Å². The Hall–Kier alpha value is -2.92. The lowest BCUT2D eigenvalue weighted by molar-refractivity contribution is -0.277. The van der Waals surface area contributed by atoms with Crippen molar-refractivity contribution in [1.29, 1.82) is 0 Å². The third kappa shape index (κ3) is 4.80. The van der Waals surface area contributed by atoms with Gasteiger partial charge >= 0.3 is 5.63 Å². The molecule has 1 aliphatic rings. The van der Waals surface area contributed by atoms with Gasteiger partial charge in [-0.1, -0.05) is 24.7 Å². The zero-order chi connectivity index (χ0) is 25.0. The Kier molecular flexibility index (Phi) is 8.32. The minimum absolute atomic E-state index is 0.134. The average molecular weight is 478 g/mol. The van der Waals surface area contributed by atoms with Gasteiger partial charge in [-0.3, -0.25) is 0 Å². The summed E-state index contributed by atoms with van der Waals surface area (Å²) in [7, 11) is 2.82. The molecule has 1 saturated heterocycles. The van der Waals surface area contributed by atoms with Crippen LogP contribution in [0.15, 0.2) is 39.2 Å². The van der Waals surface area contributed by atoms with Crippen molar-refractivity contribution in [1.82, 2.24) is 0 Å². The van der Waals surface area contributed by atoms with Gasteiger partial charge in [0.05, 0.1) is 17.2 Å². The molecule has 186 valence electrons. The summed E-state index contributed by atoms with van der Waals surface area (Å²) >= 11 is 0. The molecule has 10 heteroatoms. The quantitative estimate of drug-likeness (QED) is 0.242. The summed E-state index contributed by atoms with van der Waals surface area (Å²) in [6.45, 7) is 9.00. The molecule has 0 radical (unpaired) electrons. The second kappa shape index (κ2) is 11.0. The van der Waals surface area contributed by atoms with Crippen molar-refractivity contribution >= 4 is 16.7 Å². The average Bonchev–Trinajstić information content (AvgIpc) is 2.82. The smallest absolute Gasteiger partial charge is 0.349 e. The van der Waals surface area contributed by atoms with Gasteiger partial charge in [-0.2, -0.15) is 0 Å². The first kappa shape index (κ1) is 25.7. The van der Waals surface area contributed by atoms with E-state index in [1.165, 1.54) is 14.2 Å². The summed E-state index contributed by atoms with van der Waals surface area (Å²) < 4.78 is 28.5. The van der Waals surface area contributed by atoms with E-state index in [9.17, 15) is 15.0 Å². The van der Waals surface area contributed by atoms with Crippen molar-refractivity contribution in [3.05, 3.63) is 46.3 Å². The largest absolute Gasteiger partial charge is 0.488 e. The van der Waals surface area contributed by atoms with Crippen LogP contribution in [0, 0.1) is 6.92 Å². The number of nitrogens with zero attached hydrogens (tertiary/aromatic N) is 1. The molecular weight excluding hydrogens is 446 g/mol. The molecule has 10 nitrogen and oxygen atoms in total. The second-order valence-corrected chi connectivity index (χ2v) is 7.87. The second-order valence-electron chi connectivity index (χ2n) is 7.87. The van der Waals surface area contributed by atoms with Crippen molar-refractivity contribution in [2.24, 2.45) is 5.16 Å². The van der Waals surface area contributed by atoms with Crippen LogP contribution < -0.4 is 15.1 Å². The van der Waals surface area contributed by atoms with Crippen LogP contribution in [0.1, 0.15) is 31.4 Å². The number of oxime groups is 1. The third-order valence-electron chi connectivity index (χ3n) is 5.72. The number of aliphatic hydroxyl groups is 2. The van der Waals surface area contributed by atoms with Crippen molar-refractivity contribution in [3.8, 4) is 11.5 Å². The van der Waals surface area contributed by atoms with Crippen LogP contribution in [-0.2, 0) is 14.3 Å². The summed E-state index contributed by atoms with van der Waals surface area (Å²) in [6, 6.07) is 3.32. The van der Waals surface area contributed by atoms with E-state index >= 15 is 0 Å². The predicted molar refractivity (Wildman–Crippen MR) is 125 cm³/mol. The number of aliphatic hydroxyl groups excluding tert-OH is 2. The van der Waals surface area contributed by atoms with Gasteiger partial charge in [-0.15, -0.1) is 0 Å². The van der Waals surface area contributed by atoms with E-state index in [0.29, 0.717) is 28.8 Å². The first-order chi connectivity index (χ1) is 16.3. The molecule has 1 aromatic carbocycles. The standard InChI is InChI=1S/C24H31NO9/c1-7-11-31-21-14-9-10-16(12(3)20(14)34-23(28)17(21)13(4)25-30-6)33-24-19(27)18(26)22(29-5)15(8-2)32-24/h7,9-10,15,18-19,22,24,26-27H,1,8,11H2,2-6H3/t15-,18-,19+,22-,24?/m0/s1. The van der Waals surface area contributed by atoms with E-state index in [4.69, 9.17) is 28.2 Å². The van der Waals surface area contributed by atoms with E-state index in [-0.39, 0.29) is 23.5 Å². The van der Waals surface area contributed by atoms with Crippen LogP contribution in [0.5, 0.6) is 11.5 Å². The van der Waals surface area contributed by atoms with Crippen molar-refractivity contribution < 1.29 is 38.4 Å². The highest BCUT2D eigenvalue weighted by atomic mass is 16.7. The topological polar surface area (TPSA) is 129 Å². The Balaban J connectivity index is 2.06. The van der Waals surface area contributed by atoms with E-state index in [0.717, 1.165) is 0 Å². The maximum atomic E-state index is 12.9. The number of rotatable bonds is 9. The fourth-order valence-corrected chi connectivity index (χ4v) is 4.02. The van der Waals surface area contributed by atoms with E-state index in [1.54, 1.807) is 32.1 Å². The van der Waals surface area contributed by atoms with Crippen molar-refractivity contribution in [3.63, 3.8) is 0 Å². The lowest BCUT2D eigenvalue weighted by Gasteiger charge is -2.41. The molecule has 1 aromatic heterocycles. The van der Waals surface area contributed by atoms with Crippen LogP contribution in [-0.4, -0.2) is 67.5 Å². The van der Waals surface area contributed by atoms with Crippen LogP contribution in [0.4, 0.5) is 0 Å². The Bertz CT molecular complexity index is 1110. The van der Waals surface area contributed by atoms with Crippen LogP contribution in [0.3, 0.4) is 0 Å². The van der Waals surface area contributed by atoms with Crippen LogP contribution in [0.25, 0.3) is 11.0 Å². The number of hydrogen-bond acceptors (Lipinski definition) is 10. The fourth-order valence-electron chi connectivity index (χ4n) is 4.02. The van der Waals surface area contributed by atoms with Crippen molar-refractivity contribution in [2.45, 2.75) is 57.9 Å². The molecule has 34 heavy (non-hydrogen) atoms. The van der Waals surface area contributed by atoms with Gasteiger partial charge in [0.2, 0.25) is 6.29 Å². The SMILES string of the molecule is C=CCOc1c(C(C)=NOC)c(=O)oc2c(C)c(OC3O[C@@H](CC)[C@H](OC)[C@@H](O)[C@H]3O)ccc12. The summed E-state index contributed by atoms with van der Waals surface area (Å²) in [5, 5.41) is 25.4. The number of ether oxygens (including phenoxy) is 4. The molecule has 1 unspecified atom stereocenters. The van der Waals surface area contributed by atoms with E-state index in [2.05, 4.69) is 11.7 Å². The number of hydrogen-bond donors (Lipinski definition) is 2. The summed E-state index contributed by atoms with van der Waals surface area (Å²) in [4.78, 5) is 17.7. The van der Waals surface area contributed by atoms with Crippen LogP contribution in [0.2, 0.25) is 0 Å². The monoisotopic (exact) mass is 477 g/mol. The molecule has 0 bridgehead atoms. The fraction of sp³-hybridized carbons (Fsp3) is 0.500. The number of fused-ring (bicyclic) bond motifs is 1. The molecule has 1 fully saturated rings. The molecule has 3 rings (SSSR count). The van der Waals surface area contributed by atoms with Gasteiger partial charge in [-0.25, -0.2) is 4.79 Å². The number of benzene rings is 1. The van der Waals surface area contributed by atoms with Gasteiger partial charge in [0.15, 0.2) is 0 Å². The van der Waals surface area contributed by atoms with Gasteiger partial charge in [-0.05, 0) is 32.4 Å². The molecule has 0 spiro atoms. The lowest BCUT2D eigenvalue weighted by atomic mass is 9.97. The van der Waals surface area contributed by atoms with Gasteiger partial charge in [0, 0.05) is 12.7 Å². The molecule has 0 amide bonds. The van der Waals surface area contributed by atoms with E-state index in [1.807, 2.05) is 6.92 Å². The summed E-state index contributed by atoms with van der Waals surface area (Å²) in [5.74, 6) is 0.583. The molecule has 5 atom stereocenters. The highest BCUT2D eigenvalue weighted by Gasteiger charge is 2.45. The Labute approximate surface area is 197 Å². The normalized spacial score (nSPS) is 25.3. The summed E-state index contributed by atoms with van der Waals surface area (Å²) in [5.41, 5.74) is 0.487. The van der Waals surface area contributed by atoms with Crippen LogP contribution >= 0.6 is 0 Å². The zero-order valence-corrected chi connectivity index (χ0v) is 19.9. The lowest BCUT2D eigenvalue weighted by Crippen LogP contribution is -2.59. The molecule has 0 saturated carbocycles. The molecular formula is C24H31NO9. The zero-order valence-electron chi connectivity index (χ0n) is 19.9. The number of methoxy groups -OCH3 is 1. The number of aryl methyl sites for hydroxylation is 1. The van der Waals surface area contributed by atoms with Gasteiger partial charge in [0.25, 0.3) is 0 Å². The Morgan fingerprint density at radius 3 is 2.62 bits per heavy atom. The minimum atomic E-state index is -1.35. The highest BCUT2D eigenvalue weighted by molar-refractivity contribution is 6.05.